The van der Waals surface area contributed by atoms with Gasteiger partial charge in [-0.05, 0) is 32.9 Å². The summed E-state index contributed by atoms with van der Waals surface area (Å²) in [4.78, 5) is 11.4. The third-order valence-corrected chi connectivity index (χ3v) is 1.75. The van der Waals surface area contributed by atoms with Crippen LogP contribution < -0.4 is 5.32 Å². The summed E-state index contributed by atoms with van der Waals surface area (Å²) in [6.45, 7) is 5.47. The Morgan fingerprint density at radius 1 is 1.38 bits per heavy atom. The van der Waals surface area contributed by atoms with Crippen LogP contribution in [0.25, 0.3) is 0 Å². The monoisotopic (exact) mass is 223 g/mol. The Balaban J connectivity index is 2.47. The predicted molar refractivity (Wildman–Crippen MR) is 62.4 cm³/mol. The first-order chi connectivity index (χ1) is 7.38. The predicted octanol–water partition coefficient (Wildman–Crippen LogP) is 2.15. The molecule has 0 unspecified atom stereocenters. The van der Waals surface area contributed by atoms with Gasteiger partial charge in [-0.15, -0.1) is 0 Å². The number of para-hydroxylation sites is 2. The number of phenolic OH excluding ortho intramolecular Hbond substituents is 1. The van der Waals surface area contributed by atoms with Crippen LogP contribution in [0.5, 0.6) is 5.75 Å². The number of phenols is 1. The molecule has 0 atom stereocenters. The van der Waals surface area contributed by atoms with Crippen LogP contribution in [0, 0.1) is 0 Å². The molecule has 0 aliphatic carbocycles. The lowest BCUT2D eigenvalue weighted by atomic mass is 10.2. The molecule has 4 heteroatoms. The lowest BCUT2D eigenvalue weighted by molar-refractivity contribution is -0.152. The second-order valence-corrected chi connectivity index (χ2v) is 4.46. The number of nitrogens with one attached hydrogen (secondary N) is 1. The van der Waals surface area contributed by atoms with Crippen LogP contribution in [0.3, 0.4) is 0 Å². The normalized spacial score (nSPS) is 10.9. The minimum absolute atomic E-state index is 0.0366. The van der Waals surface area contributed by atoms with Crippen LogP contribution in [-0.2, 0) is 9.53 Å². The Labute approximate surface area is 95.2 Å². The first kappa shape index (κ1) is 12.4. The molecule has 2 N–H and O–H groups in total. The second-order valence-electron chi connectivity index (χ2n) is 4.46. The maximum atomic E-state index is 11.4. The van der Waals surface area contributed by atoms with Crippen molar-refractivity contribution in [3.8, 4) is 5.75 Å². The Morgan fingerprint density at radius 3 is 2.56 bits per heavy atom. The largest absolute Gasteiger partial charge is 0.506 e. The number of rotatable bonds is 3. The molecule has 4 nitrogen and oxygen atoms in total. The molecule has 1 aromatic rings. The average Bonchev–Trinajstić information content (AvgIpc) is 2.14. The topological polar surface area (TPSA) is 58.6 Å². The summed E-state index contributed by atoms with van der Waals surface area (Å²) in [7, 11) is 0. The molecule has 0 heterocycles. The van der Waals surface area contributed by atoms with Crippen LogP contribution in [0.1, 0.15) is 20.8 Å². The van der Waals surface area contributed by atoms with E-state index in [0.29, 0.717) is 5.69 Å². The molecule has 1 aromatic carbocycles. The molecular formula is C12H17NO3. The van der Waals surface area contributed by atoms with Gasteiger partial charge in [-0.2, -0.15) is 0 Å². The van der Waals surface area contributed by atoms with Crippen LogP contribution in [-0.4, -0.2) is 23.2 Å². The lowest BCUT2D eigenvalue weighted by Crippen LogP contribution is -2.28. The Bertz CT molecular complexity index is 369. The Hall–Kier alpha value is -1.71. The molecule has 0 bridgehead atoms. The standard InChI is InChI=1S/C12H17NO3/c1-12(2,3)16-11(15)8-13-9-6-4-5-7-10(9)14/h4-7,13-14H,8H2,1-3H3. The van der Waals surface area contributed by atoms with E-state index in [9.17, 15) is 9.90 Å². The molecule has 0 saturated carbocycles. The van der Waals surface area contributed by atoms with Crippen molar-refractivity contribution in [3.05, 3.63) is 24.3 Å². The maximum Gasteiger partial charge on any atom is 0.325 e. The highest BCUT2D eigenvalue weighted by Crippen LogP contribution is 2.21. The number of carbonyl (C=O) groups is 1. The molecule has 0 radical (unpaired) electrons. The fraction of sp³-hybridized carbons (Fsp3) is 0.417. The van der Waals surface area contributed by atoms with Crippen molar-refractivity contribution in [3.63, 3.8) is 0 Å². The molecule has 0 aromatic heterocycles. The summed E-state index contributed by atoms with van der Waals surface area (Å²) in [5, 5.41) is 12.3. The van der Waals surface area contributed by atoms with Gasteiger partial charge in [0.15, 0.2) is 0 Å². The SMILES string of the molecule is CC(C)(C)OC(=O)CNc1ccccc1O. The number of esters is 1. The summed E-state index contributed by atoms with van der Waals surface area (Å²) in [5.74, 6) is -0.234. The molecule has 0 saturated heterocycles. The minimum atomic E-state index is -0.489. The summed E-state index contributed by atoms with van der Waals surface area (Å²) >= 11 is 0. The third kappa shape index (κ3) is 4.21. The molecule has 16 heavy (non-hydrogen) atoms. The van der Waals surface area contributed by atoms with Crippen LogP contribution in [0.2, 0.25) is 0 Å². The van der Waals surface area contributed by atoms with Gasteiger partial charge in [-0.3, -0.25) is 4.79 Å². The molecule has 0 fully saturated rings. The number of anilines is 1. The highest BCUT2D eigenvalue weighted by molar-refractivity contribution is 5.76. The van der Waals surface area contributed by atoms with Crippen molar-refractivity contribution in [2.45, 2.75) is 26.4 Å². The maximum absolute atomic E-state index is 11.4. The van der Waals surface area contributed by atoms with Crippen molar-refractivity contribution in [2.75, 3.05) is 11.9 Å². The van der Waals surface area contributed by atoms with Gasteiger partial charge in [0.05, 0.1) is 5.69 Å². The number of ether oxygens (including phenoxy) is 1. The number of benzene rings is 1. The van der Waals surface area contributed by atoms with Gasteiger partial charge < -0.3 is 15.2 Å². The molecule has 88 valence electrons. The van der Waals surface area contributed by atoms with Crippen molar-refractivity contribution < 1.29 is 14.6 Å². The van der Waals surface area contributed by atoms with Crippen LogP contribution in [0.15, 0.2) is 24.3 Å². The van der Waals surface area contributed by atoms with Crippen LogP contribution in [0.4, 0.5) is 5.69 Å². The van der Waals surface area contributed by atoms with Gasteiger partial charge in [0.25, 0.3) is 0 Å². The number of aromatic hydroxyl groups is 1. The smallest absolute Gasteiger partial charge is 0.325 e. The van der Waals surface area contributed by atoms with Crippen LogP contribution >= 0.6 is 0 Å². The molecule has 0 spiro atoms. The van der Waals surface area contributed by atoms with E-state index < -0.39 is 5.60 Å². The van der Waals surface area contributed by atoms with Gasteiger partial charge >= 0.3 is 5.97 Å². The lowest BCUT2D eigenvalue weighted by Gasteiger charge is -2.19. The summed E-state index contributed by atoms with van der Waals surface area (Å²) < 4.78 is 5.12. The summed E-state index contributed by atoms with van der Waals surface area (Å²) in [6.07, 6.45) is 0. The van der Waals surface area contributed by atoms with E-state index in [1.54, 1.807) is 24.3 Å². The van der Waals surface area contributed by atoms with Gasteiger partial charge in [0.1, 0.15) is 17.9 Å². The van der Waals surface area contributed by atoms with E-state index in [0.717, 1.165) is 0 Å². The highest BCUT2D eigenvalue weighted by Gasteiger charge is 2.15. The zero-order valence-corrected chi connectivity index (χ0v) is 9.78. The van der Waals surface area contributed by atoms with E-state index in [2.05, 4.69) is 5.32 Å². The van der Waals surface area contributed by atoms with Crippen molar-refractivity contribution in [1.82, 2.24) is 0 Å². The zero-order valence-electron chi connectivity index (χ0n) is 9.78. The zero-order chi connectivity index (χ0) is 12.2. The van der Waals surface area contributed by atoms with Crippen molar-refractivity contribution in [2.24, 2.45) is 0 Å². The van der Waals surface area contributed by atoms with Gasteiger partial charge in [0.2, 0.25) is 0 Å². The molecular weight excluding hydrogens is 206 g/mol. The highest BCUT2D eigenvalue weighted by atomic mass is 16.6. The quantitative estimate of drug-likeness (QED) is 0.609. The Morgan fingerprint density at radius 2 is 2.00 bits per heavy atom. The van der Waals surface area contributed by atoms with Gasteiger partial charge in [-0.25, -0.2) is 0 Å². The second kappa shape index (κ2) is 4.88. The van der Waals surface area contributed by atoms with Crippen molar-refractivity contribution in [1.29, 1.82) is 0 Å². The summed E-state index contributed by atoms with van der Waals surface area (Å²) in [6, 6.07) is 6.74. The molecule has 0 aliphatic heterocycles. The molecule has 0 aliphatic rings. The van der Waals surface area contributed by atoms with E-state index in [4.69, 9.17) is 4.74 Å². The number of hydrogen-bond acceptors (Lipinski definition) is 4. The fourth-order valence-electron chi connectivity index (χ4n) is 1.17. The molecule has 1 rings (SSSR count). The number of carbonyl (C=O) groups excluding carboxylic acids is 1. The van der Waals surface area contributed by atoms with E-state index in [1.807, 2.05) is 20.8 Å². The average molecular weight is 223 g/mol. The molecule has 0 amide bonds. The van der Waals surface area contributed by atoms with Gasteiger partial charge in [-0.1, -0.05) is 12.1 Å². The van der Waals surface area contributed by atoms with E-state index in [-0.39, 0.29) is 18.3 Å². The number of hydrogen-bond donors (Lipinski definition) is 2. The third-order valence-electron chi connectivity index (χ3n) is 1.75. The first-order valence-electron chi connectivity index (χ1n) is 5.12. The first-order valence-corrected chi connectivity index (χ1v) is 5.12. The summed E-state index contributed by atoms with van der Waals surface area (Å²) in [5.41, 5.74) is 0.0330. The minimum Gasteiger partial charge on any atom is -0.506 e. The fourth-order valence-corrected chi connectivity index (χ4v) is 1.17. The Kier molecular flexibility index (Phi) is 3.77. The van der Waals surface area contributed by atoms with E-state index in [1.165, 1.54) is 0 Å². The van der Waals surface area contributed by atoms with Crippen molar-refractivity contribution >= 4 is 11.7 Å². The van der Waals surface area contributed by atoms with E-state index >= 15 is 0 Å². The van der Waals surface area contributed by atoms with Gasteiger partial charge in [0, 0.05) is 0 Å².